The van der Waals surface area contributed by atoms with Crippen LogP contribution in [0.15, 0.2) is 66.2 Å². The number of anilines is 1. The molecule has 0 bridgehead atoms. The maximum absolute atomic E-state index is 14.3. The summed E-state index contributed by atoms with van der Waals surface area (Å²) in [4.78, 5) is 31.8. The summed E-state index contributed by atoms with van der Waals surface area (Å²) in [7, 11) is 0. The molecule has 1 aromatic heterocycles. The number of fused-ring (bicyclic) bond motifs is 1. The van der Waals surface area contributed by atoms with E-state index in [0.29, 0.717) is 11.1 Å². The molecular formula is C26H18F2N2O3S. The molecule has 1 atom stereocenters. The van der Waals surface area contributed by atoms with E-state index in [-0.39, 0.29) is 26.7 Å². The normalized spacial score (nSPS) is 17.6. The van der Waals surface area contributed by atoms with Crippen LogP contribution in [0.3, 0.4) is 0 Å². The van der Waals surface area contributed by atoms with Gasteiger partial charge in [0.05, 0.1) is 16.3 Å². The van der Waals surface area contributed by atoms with Gasteiger partial charge in [0.25, 0.3) is 5.78 Å². The van der Waals surface area contributed by atoms with Crippen molar-refractivity contribution >= 4 is 44.1 Å². The summed E-state index contributed by atoms with van der Waals surface area (Å²) in [6.07, 6.45) is 0. The van der Waals surface area contributed by atoms with Crippen LogP contribution in [0, 0.1) is 25.5 Å². The second-order valence-corrected chi connectivity index (χ2v) is 9.19. The van der Waals surface area contributed by atoms with Gasteiger partial charge in [0.2, 0.25) is 0 Å². The highest BCUT2D eigenvalue weighted by atomic mass is 32.1. The van der Waals surface area contributed by atoms with Gasteiger partial charge in [-0.25, -0.2) is 13.8 Å². The molecule has 1 fully saturated rings. The van der Waals surface area contributed by atoms with Crippen LogP contribution in [0.5, 0.6) is 0 Å². The number of amides is 1. The van der Waals surface area contributed by atoms with E-state index in [0.717, 1.165) is 39.5 Å². The molecule has 3 aromatic carbocycles. The SMILES string of the molecule is Cc1ccc(/C(O)=C2\C(=O)C(=O)N(c3nc4c(F)cc(F)cc4s3)C2c2cccc(C)c2)cc1. The quantitative estimate of drug-likeness (QED) is 0.230. The summed E-state index contributed by atoms with van der Waals surface area (Å²) in [5, 5.41) is 11.2. The molecule has 4 aromatic rings. The number of thiazole rings is 1. The first-order valence-electron chi connectivity index (χ1n) is 10.4. The first kappa shape index (κ1) is 21.9. The Morgan fingerprint density at radius 1 is 1.00 bits per heavy atom. The molecule has 1 N–H and O–H groups in total. The minimum atomic E-state index is -0.991. The number of aliphatic hydroxyl groups excluding tert-OH is 1. The number of Topliss-reactive ketones (excluding diaryl/α,β-unsaturated/α-hetero) is 1. The van der Waals surface area contributed by atoms with Gasteiger partial charge in [0.15, 0.2) is 10.9 Å². The van der Waals surface area contributed by atoms with Gasteiger partial charge in [-0.1, -0.05) is 71.0 Å². The Morgan fingerprint density at radius 3 is 2.44 bits per heavy atom. The van der Waals surface area contributed by atoms with Gasteiger partial charge in [-0.2, -0.15) is 0 Å². The second-order valence-electron chi connectivity index (χ2n) is 8.18. The van der Waals surface area contributed by atoms with Gasteiger partial charge in [-0.15, -0.1) is 0 Å². The summed E-state index contributed by atoms with van der Waals surface area (Å²) >= 11 is 0.900. The fourth-order valence-corrected chi connectivity index (χ4v) is 5.13. The maximum atomic E-state index is 14.3. The highest BCUT2D eigenvalue weighted by Gasteiger charge is 2.48. The van der Waals surface area contributed by atoms with Crippen LogP contribution in [0.25, 0.3) is 16.0 Å². The minimum Gasteiger partial charge on any atom is -0.507 e. The van der Waals surface area contributed by atoms with Gasteiger partial charge in [0.1, 0.15) is 17.1 Å². The lowest BCUT2D eigenvalue weighted by molar-refractivity contribution is -0.132. The van der Waals surface area contributed by atoms with Crippen LogP contribution in [-0.2, 0) is 9.59 Å². The number of aliphatic hydroxyl groups is 1. The number of nitrogens with zero attached hydrogens (tertiary/aromatic N) is 2. The largest absolute Gasteiger partial charge is 0.507 e. The standard InChI is InChI=1S/C26H18F2N2O3S/c1-13-6-8-15(9-7-13)23(31)20-22(16-5-3-4-14(2)10-16)30(25(33)24(20)32)26-29-21-18(28)11-17(27)12-19(21)34-26/h3-12,22,31H,1-2H3/b23-20+. The molecule has 170 valence electrons. The molecule has 1 unspecified atom stereocenters. The maximum Gasteiger partial charge on any atom is 0.301 e. The van der Waals surface area contributed by atoms with Gasteiger partial charge in [-0.05, 0) is 25.5 Å². The molecule has 1 saturated heterocycles. The Labute approximate surface area is 197 Å². The van der Waals surface area contributed by atoms with Crippen molar-refractivity contribution in [2.75, 3.05) is 4.90 Å². The molecule has 2 heterocycles. The Bertz CT molecular complexity index is 1510. The van der Waals surface area contributed by atoms with Crippen molar-refractivity contribution in [1.82, 2.24) is 4.98 Å². The number of carbonyl (C=O) groups is 2. The van der Waals surface area contributed by atoms with E-state index in [1.165, 1.54) is 0 Å². The summed E-state index contributed by atoms with van der Waals surface area (Å²) in [6, 6.07) is 15.0. The van der Waals surface area contributed by atoms with E-state index in [9.17, 15) is 23.5 Å². The van der Waals surface area contributed by atoms with Crippen molar-refractivity contribution in [3.05, 3.63) is 100 Å². The molecule has 1 aliphatic heterocycles. The van der Waals surface area contributed by atoms with E-state index in [1.807, 2.05) is 19.9 Å². The first-order chi connectivity index (χ1) is 16.2. The number of hydrogen-bond donors (Lipinski definition) is 1. The number of carbonyl (C=O) groups excluding carboxylic acids is 2. The number of rotatable bonds is 3. The fourth-order valence-electron chi connectivity index (χ4n) is 4.10. The number of ketones is 1. The molecular weight excluding hydrogens is 458 g/mol. The number of hydrogen-bond acceptors (Lipinski definition) is 5. The number of benzene rings is 3. The van der Waals surface area contributed by atoms with Crippen molar-refractivity contribution in [3.63, 3.8) is 0 Å². The lowest BCUT2D eigenvalue weighted by Crippen LogP contribution is -2.29. The van der Waals surface area contributed by atoms with Crippen molar-refractivity contribution in [3.8, 4) is 0 Å². The third kappa shape index (κ3) is 3.56. The van der Waals surface area contributed by atoms with Crippen molar-refractivity contribution in [2.24, 2.45) is 0 Å². The molecule has 0 saturated carbocycles. The van der Waals surface area contributed by atoms with Crippen LogP contribution < -0.4 is 4.90 Å². The molecule has 34 heavy (non-hydrogen) atoms. The van der Waals surface area contributed by atoms with Crippen LogP contribution in [-0.4, -0.2) is 21.8 Å². The van der Waals surface area contributed by atoms with Crippen LogP contribution in [0.1, 0.15) is 28.3 Å². The molecule has 0 spiro atoms. The van der Waals surface area contributed by atoms with Gasteiger partial charge < -0.3 is 5.11 Å². The average Bonchev–Trinajstić information content (AvgIpc) is 3.33. The molecule has 1 aliphatic rings. The molecule has 8 heteroatoms. The Balaban J connectivity index is 1.75. The minimum absolute atomic E-state index is 0.0380. The zero-order valence-corrected chi connectivity index (χ0v) is 19.0. The molecule has 0 aliphatic carbocycles. The predicted octanol–water partition coefficient (Wildman–Crippen LogP) is 5.82. The van der Waals surface area contributed by atoms with E-state index >= 15 is 0 Å². The summed E-state index contributed by atoms with van der Waals surface area (Å²) in [6.45, 7) is 3.76. The van der Waals surface area contributed by atoms with Gasteiger partial charge in [-0.3, -0.25) is 14.5 Å². The zero-order valence-electron chi connectivity index (χ0n) is 18.2. The summed E-state index contributed by atoms with van der Waals surface area (Å²) < 4.78 is 28.3. The van der Waals surface area contributed by atoms with Crippen LogP contribution in [0.4, 0.5) is 13.9 Å². The Morgan fingerprint density at radius 2 is 1.74 bits per heavy atom. The van der Waals surface area contributed by atoms with Crippen LogP contribution >= 0.6 is 11.3 Å². The van der Waals surface area contributed by atoms with E-state index in [2.05, 4.69) is 4.98 Å². The predicted molar refractivity (Wildman–Crippen MR) is 127 cm³/mol. The van der Waals surface area contributed by atoms with E-state index in [4.69, 9.17) is 0 Å². The van der Waals surface area contributed by atoms with E-state index in [1.54, 1.807) is 42.5 Å². The van der Waals surface area contributed by atoms with E-state index < -0.39 is 29.4 Å². The molecule has 5 nitrogen and oxygen atoms in total. The number of aryl methyl sites for hydroxylation is 2. The van der Waals surface area contributed by atoms with Crippen molar-refractivity contribution < 1.29 is 23.5 Å². The molecule has 0 radical (unpaired) electrons. The van der Waals surface area contributed by atoms with Crippen molar-refractivity contribution in [2.45, 2.75) is 19.9 Å². The van der Waals surface area contributed by atoms with Crippen molar-refractivity contribution in [1.29, 1.82) is 0 Å². The van der Waals surface area contributed by atoms with Gasteiger partial charge in [0, 0.05) is 11.6 Å². The highest BCUT2D eigenvalue weighted by Crippen LogP contribution is 2.44. The lowest BCUT2D eigenvalue weighted by atomic mass is 9.94. The summed E-state index contributed by atoms with van der Waals surface area (Å²) in [5.41, 5.74) is 2.64. The molecule has 1 amide bonds. The van der Waals surface area contributed by atoms with Crippen LogP contribution in [0.2, 0.25) is 0 Å². The second kappa shape index (κ2) is 8.14. The zero-order chi connectivity index (χ0) is 24.1. The highest BCUT2D eigenvalue weighted by molar-refractivity contribution is 7.22. The van der Waals surface area contributed by atoms with Gasteiger partial charge >= 0.3 is 5.91 Å². The topological polar surface area (TPSA) is 70.5 Å². The fraction of sp³-hybridized carbons (Fsp3) is 0.115. The molecule has 5 rings (SSSR count). The lowest BCUT2D eigenvalue weighted by Gasteiger charge is -2.23. The third-order valence-corrected chi connectivity index (χ3v) is 6.74. The average molecular weight is 477 g/mol. The monoisotopic (exact) mass is 476 g/mol. The number of halogens is 2. The number of aromatic nitrogens is 1. The summed E-state index contributed by atoms with van der Waals surface area (Å²) in [5.74, 6) is -3.72. The third-order valence-electron chi connectivity index (χ3n) is 5.74. The Kier molecular flexibility index (Phi) is 5.25. The Hall–Kier alpha value is -3.91. The smallest absolute Gasteiger partial charge is 0.301 e. The first-order valence-corrected chi connectivity index (χ1v) is 11.3.